The minimum atomic E-state index is 0. The first-order chi connectivity index (χ1) is 8.27. The number of hydrogen-bond donors (Lipinski definition) is 1. The first-order valence-electron chi connectivity index (χ1n) is 7.05. The largest absolute Gasteiger partial charge is 0.370 e. The van der Waals surface area contributed by atoms with Crippen molar-refractivity contribution in [3.8, 4) is 0 Å². The van der Waals surface area contributed by atoms with Gasteiger partial charge in [-0.25, -0.2) is 0 Å². The Hall–Kier alpha value is -0.0400. The van der Waals surface area contributed by atoms with Gasteiger partial charge in [0.15, 0.2) is 5.96 Å². The molecule has 1 rings (SSSR count). The molecule has 1 heterocycles. The van der Waals surface area contributed by atoms with E-state index in [1.807, 2.05) is 0 Å². The molecule has 0 spiro atoms. The van der Waals surface area contributed by atoms with Crippen LogP contribution < -0.4 is 5.73 Å². The molecule has 1 aliphatic rings. The van der Waals surface area contributed by atoms with E-state index in [2.05, 4.69) is 28.6 Å². The zero-order valence-corrected chi connectivity index (χ0v) is 14.2. The highest BCUT2D eigenvalue weighted by molar-refractivity contribution is 14.0. The molecule has 4 nitrogen and oxygen atoms in total. The fourth-order valence-electron chi connectivity index (χ4n) is 2.25. The molecule has 0 saturated carbocycles. The summed E-state index contributed by atoms with van der Waals surface area (Å²) in [6.07, 6.45) is 5.19. The van der Waals surface area contributed by atoms with Crippen molar-refractivity contribution in [2.45, 2.75) is 39.5 Å². The topological polar surface area (TPSA) is 44.9 Å². The molecule has 0 aromatic carbocycles. The Labute approximate surface area is 129 Å². The molecule has 0 radical (unpaired) electrons. The Bertz CT molecular complexity index is 221. The quantitative estimate of drug-likeness (QED) is 0.460. The maximum atomic E-state index is 6.04. The number of nitrogens with two attached hydrogens (primary N) is 1. The summed E-state index contributed by atoms with van der Waals surface area (Å²) in [7, 11) is 0. The lowest BCUT2D eigenvalue weighted by Gasteiger charge is -2.22. The van der Waals surface area contributed by atoms with Crippen LogP contribution in [0.4, 0.5) is 0 Å². The lowest BCUT2D eigenvalue weighted by molar-refractivity contribution is 0.312. The molecule has 0 bridgehead atoms. The first kappa shape index (κ1) is 18.0. The summed E-state index contributed by atoms with van der Waals surface area (Å²) in [6.45, 7) is 10.6. The van der Waals surface area contributed by atoms with Crippen molar-refractivity contribution in [2.75, 3.05) is 39.3 Å². The van der Waals surface area contributed by atoms with Crippen LogP contribution in [0.15, 0.2) is 4.99 Å². The van der Waals surface area contributed by atoms with Gasteiger partial charge in [-0.2, -0.15) is 0 Å². The van der Waals surface area contributed by atoms with E-state index in [1.165, 1.54) is 25.7 Å². The molecule has 0 amide bonds. The highest BCUT2D eigenvalue weighted by Crippen LogP contribution is 2.08. The number of hydrogen-bond acceptors (Lipinski definition) is 2. The van der Waals surface area contributed by atoms with Crippen LogP contribution in [0.5, 0.6) is 0 Å². The second kappa shape index (κ2) is 10.8. The average molecular weight is 368 g/mol. The van der Waals surface area contributed by atoms with Crippen LogP contribution in [0, 0.1) is 0 Å². The Morgan fingerprint density at radius 3 is 2.17 bits per heavy atom. The normalized spacial score (nSPS) is 17.5. The molecule has 0 unspecified atom stereocenters. The van der Waals surface area contributed by atoms with Crippen molar-refractivity contribution >= 4 is 29.9 Å². The fourth-order valence-corrected chi connectivity index (χ4v) is 2.25. The summed E-state index contributed by atoms with van der Waals surface area (Å²) in [4.78, 5) is 9.12. The van der Waals surface area contributed by atoms with E-state index >= 15 is 0 Å². The Morgan fingerprint density at radius 1 is 1.11 bits per heavy atom. The molecule has 0 aromatic heterocycles. The highest BCUT2D eigenvalue weighted by atomic mass is 127. The van der Waals surface area contributed by atoms with Crippen LogP contribution in [0.1, 0.15) is 39.5 Å². The maximum Gasteiger partial charge on any atom is 0.191 e. The summed E-state index contributed by atoms with van der Waals surface area (Å²) in [5.41, 5.74) is 6.04. The van der Waals surface area contributed by atoms with E-state index in [-0.39, 0.29) is 24.0 Å². The standard InChI is InChI=1S/C13H28N4.HI/c1-3-16(4-2)12-9-15-13(14)17-10-7-5-6-8-11-17;/h3-12H2,1-2H3,(H2,14,15);1H. The number of rotatable bonds is 5. The monoisotopic (exact) mass is 368 g/mol. The summed E-state index contributed by atoms with van der Waals surface area (Å²) >= 11 is 0. The van der Waals surface area contributed by atoms with Gasteiger partial charge < -0.3 is 15.5 Å². The minimum absolute atomic E-state index is 0. The molecule has 108 valence electrons. The van der Waals surface area contributed by atoms with Gasteiger partial charge >= 0.3 is 0 Å². The second-order valence-corrected chi connectivity index (χ2v) is 4.67. The molecule has 1 fully saturated rings. The SMILES string of the molecule is CCN(CC)CCN=C(N)N1CCCCCC1.I. The average Bonchev–Trinajstić information content (AvgIpc) is 2.63. The zero-order valence-electron chi connectivity index (χ0n) is 11.9. The molecule has 1 aliphatic heterocycles. The molecule has 18 heavy (non-hydrogen) atoms. The van der Waals surface area contributed by atoms with Gasteiger partial charge in [0, 0.05) is 19.6 Å². The lowest BCUT2D eigenvalue weighted by atomic mass is 10.2. The number of aliphatic imine (C=N–C) groups is 1. The van der Waals surface area contributed by atoms with Crippen LogP contribution in [0.3, 0.4) is 0 Å². The van der Waals surface area contributed by atoms with Crippen molar-refractivity contribution in [3.63, 3.8) is 0 Å². The van der Waals surface area contributed by atoms with Gasteiger partial charge in [-0.3, -0.25) is 4.99 Å². The predicted octanol–water partition coefficient (Wildman–Crippen LogP) is 2.14. The summed E-state index contributed by atoms with van der Waals surface area (Å²) < 4.78 is 0. The molecular weight excluding hydrogens is 339 g/mol. The van der Waals surface area contributed by atoms with Gasteiger partial charge in [-0.15, -0.1) is 24.0 Å². The number of halogens is 1. The van der Waals surface area contributed by atoms with Gasteiger partial charge in [0.25, 0.3) is 0 Å². The first-order valence-corrected chi connectivity index (χ1v) is 7.05. The summed E-state index contributed by atoms with van der Waals surface area (Å²) in [5.74, 6) is 0.749. The van der Waals surface area contributed by atoms with E-state index < -0.39 is 0 Å². The molecule has 5 heteroatoms. The Kier molecular flexibility index (Phi) is 10.8. The van der Waals surface area contributed by atoms with E-state index in [0.29, 0.717) is 0 Å². The molecule has 1 saturated heterocycles. The van der Waals surface area contributed by atoms with Crippen molar-refractivity contribution in [3.05, 3.63) is 0 Å². The molecule has 2 N–H and O–H groups in total. The third-order valence-corrected chi connectivity index (χ3v) is 3.51. The third-order valence-electron chi connectivity index (χ3n) is 3.51. The van der Waals surface area contributed by atoms with Gasteiger partial charge in [0.1, 0.15) is 0 Å². The van der Waals surface area contributed by atoms with Crippen molar-refractivity contribution in [2.24, 2.45) is 10.7 Å². The van der Waals surface area contributed by atoms with E-state index in [4.69, 9.17) is 5.73 Å². The fraction of sp³-hybridized carbons (Fsp3) is 0.923. The van der Waals surface area contributed by atoms with Gasteiger partial charge in [-0.05, 0) is 25.9 Å². The van der Waals surface area contributed by atoms with Crippen molar-refractivity contribution < 1.29 is 0 Å². The molecule has 0 aromatic rings. The maximum absolute atomic E-state index is 6.04. The van der Waals surface area contributed by atoms with E-state index in [0.717, 1.165) is 45.2 Å². The number of guanidine groups is 1. The number of nitrogens with zero attached hydrogens (tertiary/aromatic N) is 3. The summed E-state index contributed by atoms with van der Waals surface area (Å²) in [6, 6.07) is 0. The number of likely N-dealkylation sites (tertiary alicyclic amines) is 1. The lowest BCUT2D eigenvalue weighted by Crippen LogP contribution is -2.38. The molecule has 0 aliphatic carbocycles. The highest BCUT2D eigenvalue weighted by Gasteiger charge is 2.10. The minimum Gasteiger partial charge on any atom is -0.370 e. The third kappa shape index (κ3) is 6.78. The van der Waals surface area contributed by atoms with Crippen LogP contribution in [0.25, 0.3) is 0 Å². The van der Waals surface area contributed by atoms with Gasteiger partial charge in [0.2, 0.25) is 0 Å². The Balaban J connectivity index is 0.00000289. The van der Waals surface area contributed by atoms with Crippen molar-refractivity contribution in [1.82, 2.24) is 9.80 Å². The molecule has 0 atom stereocenters. The predicted molar refractivity (Wildman–Crippen MR) is 89.7 cm³/mol. The summed E-state index contributed by atoms with van der Waals surface area (Å²) in [5, 5.41) is 0. The van der Waals surface area contributed by atoms with Gasteiger partial charge in [0.05, 0.1) is 6.54 Å². The van der Waals surface area contributed by atoms with Crippen LogP contribution in [0.2, 0.25) is 0 Å². The zero-order chi connectivity index (χ0) is 12.5. The van der Waals surface area contributed by atoms with E-state index in [1.54, 1.807) is 0 Å². The molecular formula is C13H29IN4. The van der Waals surface area contributed by atoms with Gasteiger partial charge in [-0.1, -0.05) is 26.7 Å². The smallest absolute Gasteiger partial charge is 0.191 e. The van der Waals surface area contributed by atoms with Crippen LogP contribution >= 0.6 is 24.0 Å². The Morgan fingerprint density at radius 2 is 1.67 bits per heavy atom. The number of likely N-dealkylation sites (N-methyl/N-ethyl adjacent to an activating group) is 1. The van der Waals surface area contributed by atoms with Crippen molar-refractivity contribution in [1.29, 1.82) is 0 Å². The second-order valence-electron chi connectivity index (χ2n) is 4.67. The van der Waals surface area contributed by atoms with Crippen LogP contribution in [-0.2, 0) is 0 Å². The van der Waals surface area contributed by atoms with E-state index in [9.17, 15) is 0 Å². The van der Waals surface area contributed by atoms with Crippen LogP contribution in [-0.4, -0.2) is 55.0 Å².